The lowest BCUT2D eigenvalue weighted by Gasteiger charge is -2.41. The highest BCUT2D eigenvalue weighted by Gasteiger charge is 2.51. The van der Waals surface area contributed by atoms with Gasteiger partial charge in [0.1, 0.15) is 43.2 Å². The number of allylic oxidation sites excluding steroid dienone is 4. The monoisotopic (exact) mass is 891 g/mol. The molecule has 6 N–H and O–H groups in total. The summed E-state index contributed by atoms with van der Waals surface area (Å²) in [5.41, 5.74) is 0. The summed E-state index contributed by atoms with van der Waals surface area (Å²) in [6.45, 7) is 3.28. The number of carbonyl (C=O) groups is 2. The second-order valence-corrected chi connectivity index (χ2v) is 18.4. The zero-order valence-corrected chi connectivity index (χ0v) is 38.9. The van der Waals surface area contributed by atoms with Crippen LogP contribution in [-0.4, -0.2) is 98.3 Å². The van der Waals surface area contributed by atoms with Crippen molar-refractivity contribution in [1.29, 1.82) is 0 Å². The van der Waals surface area contributed by atoms with Gasteiger partial charge in [0.25, 0.3) is 0 Å². The molecule has 8 atom stereocenters. The molecular formula is C47H87O13P. The second kappa shape index (κ2) is 37.7. The molecular weight excluding hydrogens is 803 g/mol. The Labute approximate surface area is 368 Å². The number of esters is 2. The van der Waals surface area contributed by atoms with Gasteiger partial charge in [0.05, 0.1) is 6.61 Å². The lowest BCUT2D eigenvalue weighted by Crippen LogP contribution is -2.64. The Morgan fingerprint density at radius 2 is 0.885 bits per heavy atom. The van der Waals surface area contributed by atoms with Crippen LogP contribution in [0.4, 0.5) is 0 Å². The van der Waals surface area contributed by atoms with Gasteiger partial charge in [-0.25, -0.2) is 4.57 Å². The van der Waals surface area contributed by atoms with Crippen molar-refractivity contribution >= 4 is 19.8 Å². The first kappa shape index (κ1) is 57.3. The standard InChI is InChI=1S/C47H87O13P/c1-3-5-7-9-11-13-15-17-19-20-22-24-26-28-30-32-34-36-41(49)59-39(38-58-61(55,56)60-47-45(53)43(51)42(50)44(52)46(47)54)37-57-40(48)35-33-31-29-27-25-23-21-18-16-14-12-10-8-6-4-2/h12,14,18,21,39,42-47,50-54H,3-11,13,15-17,19-20,22-38H2,1-2H3,(H,55,56)/t39-,42?,43-,44?,45?,46?,47?/m1/s1. The van der Waals surface area contributed by atoms with Gasteiger partial charge in [-0.1, -0.05) is 173 Å². The average molecular weight is 891 g/mol. The molecule has 0 bridgehead atoms. The fourth-order valence-corrected chi connectivity index (χ4v) is 8.35. The number of hydrogen-bond donors (Lipinski definition) is 6. The summed E-state index contributed by atoms with van der Waals surface area (Å²) in [5, 5.41) is 50.2. The topological polar surface area (TPSA) is 210 Å². The number of ether oxygens (including phenoxy) is 2. The van der Waals surface area contributed by atoms with Crippen molar-refractivity contribution in [3.8, 4) is 0 Å². The van der Waals surface area contributed by atoms with Gasteiger partial charge < -0.3 is 39.9 Å². The smallest absolute Gasteiger partial charge is 0.462 e. The molecule has 1 fully saturated rings. The third-order valence-electron chi connectivity index (χ3n) is 11.3. The van der Waals surface area contributed by atoms with Gasteiger partial charge >= 0.3 is 19.8 Å². The van der Waals surface area contributed by atoms with Crippen LogP contribution in [0.2, 0.25) is 0 Å². The summed E-state index contributed by atoms with van der Waals surface area (Å²) in [5.74, 6) is -1.11. The van der Waals surface area contributed by atoms with E-state index in [-0.39, 0.29) is 12.8 Å². The fraction of sp³-hybridized carbons (Fsp3) is 0.872. The lowest BCUT2D eigenvalue weighted by atomic mass is 9.85. The van der Waals surface area contributed by atoms with E-state index in [1.165, 1.54) is 103 Å². The summed E-state index contributed by atoms with van der Waals surface area (Å²) < 4.78 is 33.6. The number of hydrogen-bond acceptors (Lipinski definition) is 12. The van der Waals surface area contributed by atoms with Gasteiger partial charge in [-0.05, 0) is 44.9 Å². The normalized spacial score (nSPS) is 22.2. The van der Waals surface area contributed by atoms with Gasteiger partial charge in [0, 0.05) is 12.8 Å². The summed E-state index contributed by atoms with van der Waals surface area (Å²) >= 11 is 0. The van der Waals surface area contributed by atoms with E-state index in [2.05, 4.69) is 38.2 Å². The molecule has 358 valence electrons. The van der Waals surface area contributed by atoms with Crippen LogP contribution in [0.5, 0.6) is 0 Å². The minimum absolute atomic E-state index is 0.0981. The van der Waals surface area contributed by atoms with Gasteiger partial charge in [0.2, 0.25) is 0 Å². The highest BCUT2D eigenvalue weighted by Crippen LogP contribution is 2.47. The van der Waals surface area contributed by atoms with E-state index >= 15 is 0 Å². The summed E-state index contributed by atoms with van der Waals surface area (Å²) in [4.78, 5) is 35.7. The van der Waals surface area contributed by atoms with Gasteiger partial charge in [-0.2, -0.15) is 0 Å². The van der Waals surface area contributed by atoms with E-state index in [0.717, 1.165) is 64.2 Å². The van der Waals surface area contributed by atoms with Crippen molar-refractivity contribution in [3.05, 3.63) is 24.3 Å². The third-order valence-corrected chi connectivity index (χ3v) is 12.3. The van der Waals surface area contributed by atoms with Crippen molar-refractivity contribution in [3.63, 3.8) is 0 Å². The van der Waals surface area contributed by atoms with Crippen molar-refractivity contribution < 1.29 is 63.1 Å². The Morgan fingerprint density at radius 3 is 1.36 bits per heavy atom. The number of phosphoric ester groups is 1. The van der Waals surface area contributed by atoms with E-state index in [9.17, 15) is 44.6 Å². The molecule has 0 aliphatic heterocycles. The van der Waals surface area contributed by atoms with Crippen LogP contribution < -0.4 is 0 Å². The van der Waals surface area contributed by atoms with Crippen molar-refractivity contribution in [1.82, 2.24) is 0 Å². The third kappa shape index (κ3) is 30.2. The lowest BCUT2D eigenvalue weighted by molar-refractivity contribution is -0.220. The van der Waals surface area contributed by atoms with Crippen LogP contribution in [0.3, 0.4) is 0 Å². The number of carbonyl (C=O) groups excluding carboxylic acids is 2. The molecule has 0 heterocycles. The van der Waals surface area contributed by atoms with E-state index in [1.54, 1.807) is 0 Å². The van der Waals surface area contributed by atoms with Crippen LogP contribution in [0.25, 0.3) is 0 Å². The van der Waals surface area contributed by atoms with Crippen molar-refractivity contribution in [2.24, 2.45) is 0 Å². The van der Waals surface area contributed by atoms with E-state index in [0.29, 0.717) is 12.8 Å². The maximum atomic E-state index is 12.8. The molecule has 0 amide bonds. The Bertz CT molecular complexity index is 1170. The minimum Gasteiger partial charge on any atom is -0.462 e. The predicted molar refractivity (Wildman–Crippen MR) is 240 cm³/mol. The quantitative estimate of drug-likeness (QED) is 0.0147. The largest absolute Gasteiger partial charge is 0.472 e. The van der Waals surface area contributed by atoms with Crippen molar-refractivity contribution in [2.45, 2.75) is 249 Å². The molecule has 0 aromatic rings. The maximum Gasteiger partial charge on any atom is 0.472 e. The Kier molecular flexibility index (Phi) is 35.4. The number of aliphatic hydroxyl groups is 5. The SMILES string of the molecule is CCCCCC=CCC=CCCCCCCCC(=O)OC[C@H](COP(=O)(O)OC1C(O)C(O)C(O)[C@@H](O)C1O)OC(=O)CCCCCCCCCCCCCCCCCCC. The number of unbranched alkanes of at least 4 members (excludes halogenated alkanes) is 24. The van der Waals surface area contributed by atoms with Crippen LogP contribution >= 0.6 is 7.82 Å². The van der Waals surface area contributed by atoms with Gasteiger partial charge in [0.15, 0.2) is 6.10 Å². The Balaban J connectivity index is 2.44. The second-order valence-electron chi connectivity index (χ2n) is 17.0. The van der Waals surface area contributed by atoms with E-state index in [4.69, 9.17) is 18.5 Å². The zero-order valence-electron chi connectivity index (χ0n) is 38.0. The first-order valence-electron chi connectivity index (χ1n) is 24.1. The highest BCUT2D eigenvalue weighted by molar-refractivity contribution is 7.47. The Hall–Kier alpha value is -1.67. The number of rotatable bonds is 40. The van der Waals surface area contributed by atoms with Crippen LogP contribution in [0.15, 0.2) is 24.3 Å². The Morgan fingerprint density at radius 1 is 0.508 bits per heavy atom. The molecule has 1 saturated carbocycles. The molecule has 13 nitrogen and oxygen atoms in total. The summed E-state index contributed by atoms with van der Waals surface area (Å²) in [6, 6.07) is 0. The molecule has 14 heteroatoms. The number of aliphatic hydroxyl groups excluding tert-OH is 5. The molecule has 0 spiro atoms. The first-order valence-corrected chi connectivity index (χ1v) is 25.6. The zero-order chi connectivity index (χ0) is 45.0. The van der Waals surface area contributed by atoms with Crippen molar-refractivity contribution in [2.75, 3.05) is 13.2 Å². The highest BCUT2D eigenvalue weighted by atomic mass is 31.2. The van der Waals surface area contributed by atoms with Crippen LogP contribution in [0, 0.1) is 0 Å². The number of phosphoric acid groups is 1. The first-order chi connectivity index (χ1) is 29.4. The van der Waals surface area contributed by atoms with Gasteiger partial charge in [-0.15, -0.1) is 0 Å². The average Bonchev–Trinajstić information content (AvgIpc) is 3.24. The van der Waals surface area contributed by atoms with Crippen LogP contribution in [0.1, 0.15) is 206 Å². The molecule has 1 aliphatic rings. The van der Waals surface area contributed by atoms with Crippen LogP contribution in [-0.2, 0) is 32.7 Å². The maximum absolute atomic E-state index is 12.8. The molecule has 0 aromatic heterocycles. The molecule has 0 saturated heterocycles. The molecule has 0 aromatic carbocycles. The minimum atomic E-state index is -5.12. The molecule has 0 radical (unpaired) electrons. The molecule has 61 heavy (non-hydrogen) atoms. The summed E-state index contributed by atoms with van der Waals surface area (Å²) in [6.07, 6.45) is 28.0. The fourth-order valence-electron chi connectivity index (χ4n) is 7.38. The van der Waals surface area contributed by atoms with Gasteiger partial charge in [-0.3, -0.25) is 18.6 Å². The molecule has 1 aliphatic carbocycles. The summed E-state index contributed by atoms with van der Waals surface area (Å²) in [7, 11) is -5.12. The molecule has 6 unspecified atom stereocenters. The predicted octanol–water partition coefficient (Wildman–Crippen LogP) is 9.62. The molecule has 1 rings (SSSR count). The van der Waals surface area contributed by atoms with E-state index < -0.39 is 75.7 Å². The van der Waals surface area contributed by atoms with E-state index in [1.807, 2.05) is 0 Å².